The van der Waals surface area contributed by atoms with E-state index in [1.807, 2.05) is 41.0 Å². The Hall–Kier alpha value is -1.81. The van der Waals surface area contributed by atoms with Crippen LogP contribution in [0.5, 0.6) is 0 Å². The highest BCUT2D eigenvalue weighted by Gasteiger charge is 2.07. The van der Waals surface area contributed by atoms with Crippen LogP contribution >= 0.6 is 15.9 Å². The van der Waals surface area contributed by atoms with Gasteiger partial charge in [0.15, 0.2) is 0 Å². The molecule has 3 aromatic rings. The fourth-order valence-electron chi connectivity index (χ4n) is 2.03. The first-order valence-corrected chi connectivity index (χ1v) is 6.48. The van der Waals surface area contributed by atoms with Crippen LogP contribution in [0.2, 0.25) is 0 Å². The normalized spacial score (nSPS) is 10.9. The lowest BCUT2D eigenvalue weighted by Gasteiger charge is -2.06. The molecule has 0 atom stereocenters. The third-order valence-corrected chi connectivity index (χ3v) is 3.47. The molecule has 4 heteroatoms. The fourth-order valence-corrected chi connectivity index (χ4v) is 2.30. The minimum atomic E-state index is 0.555. The van der Waals surface area contributed by atoms with Crippen molar-refractivity contribution in [2.24, 2.45) is 0 Å². The molecular weight excluding hydrogens is 290 g/mol. The van der Waals surface area contributed by atoms with Gasteiger partial charge in [0.05, 0.1) is 17.6 Å². The Morgan fingerprint density at radius 2 is 1.78 bits per heavy atom. The summed E-state index contributed by atoms with van der Waals surface area (Å²) in [6, 6.07) is 16.2. The number of nitrogens with two attached hydrogens (primary N) is 1. The molecule has 3 rings (SSSR count). The standard InChI is InChI=1S/C14H12BrN3/c15-11-7-5-10(6-8-11)9-18-13-4-2-1-3-12(13)17-14(18)16/h1-8H,9H2,(H2,16,17). The second kappa shape index (κ2) is 4.46. The van der Waals surface area contributed by atoms with Crippen LogP contribution in [0, 0.1) is 0 Å². The third kappa shape index (κ3) is 1.99. The summed E-state index contributed by atoms with van der Waals surface area (Å²) in [5.74, 6) is 0.555. The number of fused-ring (bicyclic) bond motifs is 1. The Kier molecular flexibility index (Phi) is 2.80. The number of hydrogen-bond acceptors (Lipinski definition) is 2. The molecule has 0 aliphatic carbocycles. The number of anilines is 1. The average Bonchev–Trinajstić information content (AvgIpc) is 2.69. The number of halogens is 1. The number of aromatic nitrogens is 2. The molecular formula is C14H12BrN3. The van der Waals surface area contributed by atoms with E-state index in [1.54, 1.807) is 0 Å². The van der Waals surface area contributed by atoms with Gasteiger partial charge in [-0.05, 0) is 29.8 Å². The van der Waals surface area contributed by atoms with E-state index >= 15 is 0 Å². The molecule has 3 nitrogen and oxygen atoms in total. The predicted octanol–water partition coefficient (Wildman–Crippen LogP) is 3.43. The summed E-state index contributed by atoms with van der Waals surface area (Å²) < 4.78 is 3.10. The van der Waals surface area contributed by atoms with Gasteiger partial charge in [0.25, 0.3) is 0 Å². The van der Waals surface area contributed by atoms with Crippen molar-refractivity contribution in [2.45, 2.75) is 6.54 Å². The van der Waals surface area contributed by atoms with Gasteiger partial charge in [-0.2, -0.15) is 0 Å². The van der Waals surface area contributed by atoms with E-state index in [-0.39, 0.29) is 0 Å². The molecule has 2 aromatic carbocycles. The van der Waals surface area contributed by atoms with E-state index < -0.39 is 0 Å². The molecule has 90 valence electrons. The molecule has 0 bridgehead atoms. The number of hydrogen-bond donors (Lipinski definition) is 1. The summed E-state index contributed by atoms with van der Waals surface area (Å²) in [6.07, 6.45) is 0. The molecule has 0 saturated carbocycles. The monoisotopic (exact) mass is 301 g/mol. The molecule has 0 radical (unpaired) electrons. The number of benzene rings is 2. The summed E-state index contributed by atoms with van der Waals surface area (Å²) in [6.45, 7) is 0.736. The van der Waals surface area contributed by atoms with Gasteiger partial charge in [-0.1, -0.05) is 40.2 Å². The Balaban J connectivity index is 2.04. The highest BCUT2D eigenvalue weighted by molar-refractivity contribution is 9.10. The second-order valence-corrected chi connectivity index (χ2v) is 5.09. The maximum Gasteiger partial charge on any atom is 0.201 e. The van der Waals surface area contributed by atoms with Gasteiger partial charge in [0.1, 0.15) is 0 Å². The Labute approximate surface area is 113 Å². The summed E-state index contributed by atoms with van der Waals surface area (Å²) >= 11 is 3.43. The molecule has 0 unspecified atom stereocenters. The number of nitrogen functional groups attached to an aromatic ring is 1. The van der Waals surface area contributed by atoms with Crippen molar-refractivity contribution in [3.05, 3.63) is 58.6 Å². The zero-order valence-electron chi connectivity index (χ0n) is 9.68. The van der Waals surface area contributed by atoms with Gasteiger partial charge in [-0.15, -0.1) is 0 Å². The number of rotatable bonds is 2. The maximum atomic E-state index is 5.97. The molecule has 0 fully saturated rings. The molecule has 0 spiro atoms. The predicted molar refractivity (Wildman–Crippen MR) is 77.4 cm³/mol. The zero-order valence-corrected chi connectivity index (χ0v) is 11.3. The van der Waals surface area contributed by atoms with E-state index in [2.05, 4.69) is 33.0 Å². The molecule has 2 N–H and O–H groups in total. The molecule has 1 aromatic heterocycles. The van der Waals surface area contributed by atoms with Crippen LogP contribution in [-0.4, -0.2) is 9.55 Å². The van der Waals surface area contributed by atoms with E-state index in [9.17, 15) is 0 Å². The van der Waals surface area contributed by atoms with E-state index in [0.717, 1.165) is 22.1 Å². The molecule has 1 heterocycles. The van der Waals surface area contributed by atoms with Crippen LogP contribution < -0.4 is 5.73 Å². The summed E-state index contributed by atoms with van der Waals surface area (Å²) in [5, 5.41) is 0. The summed E-state index contributed by atoms with van der Waals surface area (Å²) in [4.78, 5) is 4.36. The van der Waals surface area contributed by atoms with Gasteiger partial charge in [0, 0.05) is 4.47 Å². The van der Waals surface area contributed by atoms with E-state index in [4.69, 9.17) is 5.73 Å². The van der Waals surface area contributed by atoms with Gasteiger partial charge < -0.3 is 10.3 Å². The smallest absolute Gasteiger partial charge is 0.201 e. The molecule has 0 saturated heterocycles. The number of para-hydroxylation sites is 2. The Morgan fingerprint density at radius 3 is 2.56 bits per heavy atom. The van der Waals surface area contributed by atoms with Crippen molar-refractivity contribution in [1.29, 1.82) is 0 Å². The lowest BCUT2D eigenvalue weighted by molar-refractivity contribution is 0.838. The summed E-state index contributed by atoms with van der Waals surface area (Å²) in [5.41, 5.74) is 9.18. The van der Waals surface area contributed by atoms with Gasteiger partial charge in [0.2, 0.25) is 5.95 Å². The van der Waals surface area contributed by atoms with E-state index in [1.165, 1.54) is 5.56 Å². The van der Waals surface area contributed by atoms with E-state index in [0.29, 0.717) is 5.95 Å². The Bertz CT molecular complexity index is 686. The number of nitrogens with zero attached hydrogens (tertiary/aromatic N) is 2. The van der Waals surface area contributed by atoms with Crippen LogP contribution in [0.3, 0.4) is 0 Å². The first-order chi connectivity index (χ1) is 8.74. The second-order valence-electron chi connectivity index (χ2n) is 4.17. The van der Waals surface area contributed by atoms with Crippen molar-refractivity contribution >= 4 is 32.9 Å². The van der Waals surface area contributed by atoms with Crippen LogP contribution in [0.1, 0.15) is 5.56 Å². The SMILES string of the molecule is Nc1nc2ccccc2n1Cc1ccc(Br)cc1. The minimum Gasteiger partial charge on any atom is -0.369 e. The first-order valence-electron chi connectivity index (χ1n) is 5.69. The fraction of sp³-hybridized carbons (Fsp3) is 0.0714. The van der Waals surface area contributed by atoms with Crippen molar-refractivity contribution in [3.8, 4) is 0 Å². The number of imidazole rings is 1. The van der Waals surface area contributed by atoms with Crippen LogP contribution in [0.25, 0.3) is 11.0 Å². The van der Waals surface area contributed by atoms with Crippen LogP contribution in [-0.2, 0) is 6.54 Å². The maximum absolute atomic E-state index is 5.97. The van der Waals surface area contributed by atoms with Gasteiger partial charge >= 0.3 is 0 Å². The minimum absolute atomic E-state index is 0.555. The van der Waals surface area contributed by atoms with Gasteiger partial charge in [-0.25, -0.2) is 4.98 Å². The highest BCUT2D eigenvalue weighted by Crippen LogP contribution is 2.19. The first kappa shape index (κ1) is 11.3. The topological polar surface area (TPSA) is 43.8 Å². The van der Waals surface area contributed by atoms with Gasteiger partial charge in [-0.3, -0.25) is 0 Å². The largest absolute Gasteiger partial charge is 0.369 e. The van der Waals surface area contributed by atoms with Crippen molar-refractivity contribution < 1.29 is 0 Å². The Morgan fingerprint density at radius 1 is 1.06 bits per heavy atom. The summed E-state index contributed by atoms with van der Waals surface area (Å²) in [7, 11) is 0. The van der Waals surface area contributed by atoms with Crippen molar-refractivity contribution in [3.63, 3.8) is 0 Å². The van der Waals surface area contributed by atoms with Crippen molar-refractivity contribution in [2.75, 3.05) is 5.73 Å². The average molecular weight is 302 g/mol. The van der Waals surface area contributed by atoms with Crippen LogP contribution in [0.4, 0.5) is 5.95 Å². The molecule has 0 aliphatic rings. The lowest BCUT2D eigenvalue weighted by atomic mass is 10.2. The van der Waals surface area contributed by atoms with Crippen molar-refractivity contribution in [1.82, 2.24) is 9.55 Å². The zero-order chi connectivity index (χ0) is 12.5. The highest BCUT2D eigenvalue weighted by atomic mass is 79.9. The van der Waals surface area contributed by atoms with Crippen LogP contribution in [0.15, 0.2) is 53.0 Å². The molecule has 0 amide bonds. The molecule has 0 aliphatic heterocycles. The quantitative estimate of drug-likeness (QED) is 0.788. The lowest BCUT2D eigenvalue weighted by Crippen LogP contribution is -2.04. The third-order valence-electron chi connectivity index (χ3n) is 2.94. The molecule has 18 heavy (non-hydrogen) atoms.